The number of fused-ring (bicyclic) bond motifs is 8. The number of furan rings is 1. The molecule has 0 fully saturated rings. The van der Waals surface area contributed by atoms with Crippen molar-refractivity contribution in [1.29, 1.82) is 0 Å². The van der Waals surface area contributed by atoms with Gasteiger partial charge in [-0.25, -0.2) is 0 Å². The van der Waals surface area contributed by atoms with Gasteiger partial charge in [-0.1, -0.05) is 140 Å². The average Bonchev–Trinajstić information content (AvgIpc) is 3.67. The third-order valence-corrected chi connectivity index (χ3v) is 9.58. The smallest absolute Gasteiger partial charge is 0.144 e. The van der Waals surface area contributed by atoms with E-state index in [0.29, 0.717) is 0 Å². The Hall–Kier alpha value is -6.12. The number of benzene rings is 8. The van der Waals surface area contributed by atoms with E-state index >= 15 is 0 Å². The summed E-state index contributed by atoms with van der Waals surface area (Å²) in [5.41, 5.74) is 10.0. The standard InChI is InChI=1S/C44H27NO/c1-2-16-29(17-3-1)45-38-26-10-8-19-31(38)35-24-13-25-37(43(35)45)41-34-21-7-6-20-33(34)40(32-23-12-15-28-14-4-5-18-30(28)32)42-36-22-9-11-27-39(36)46-44(41)42/h1-27H. The highest BCUT2D eigenvalue weighted by atomic mass is 16.3. The van der Waals surface area contributed by atoms with E-state index in [-0.39, 0.29) is 0 Å². The van der Waals surface area contributed by atoms with E-state index in [1.165, 1.54) is 54.5 Å². The van der Waals surface area contributed by atoms with Crippen molar-refractivity contribution in [3.63, 3.8) is 0 Å². The van der Waals surface area contributed by atoms with Gasteiger partial charge >= 0.3 is 0 Å². The SMILES string of the molecule is c1ccc(-n2c3ccccc3c3cccc(-c4c5ccccc5c(-c5cccc6ccccc56)c5c4oc4ccccc45)c32)cc1. The molecule has 0 aliphatic carbocycles. The molecule has 0 spiro atoms. The minimum atomic E-state index is 0.895. The summed E-state index contributed by atoms with van der Waals surface area (Å²) in [6.45, 7) is 0. The van der Waals surface area contributed by atoms with Gasteiger partial charge in [-0.2, -0.15) is 0 Å². The van der Waals surface area contributed by atoms with Crippen LogP contribution in [0.1, 0.15) is 0 Å². The van der Waals surface area contributed by atoms with Gasteiger partial charge in [0.25, 0.3) is 0 Å². The van der Waals surface area contributed by atoms with Gasteiger partial charge in [0.05, 0.1) is 11.0 Å². The predicted molar refractivity (Wildman–Crippen MR) is 194 cm³/mol. The molecule has 46 heavy (non-hydrogen) atoms. The maximum Gasteiger partial charge on any atom is 0.144 e. The highest BCUT2D eigenvalue weighted by Crippen LogP contribution is 2.50. The zero-order chi connectivity index (χ0) is 30.2. The molecule has 0 amide bonds. The molecule has 214 valence electrons. The van der Waals surface area contributed by atoms with Crippen molar-refractivity contribution in [2.45, 2.75) is 0 Å². The molecule has 2 nitrogen and oxygen atoms in total. The quantitative estimate of drug-likeness (QED) is 0.202. The van der Waals surface area contributed by atoms with Crippen molar-refractivity contribution in [3.8, 4) is 27.9 Å². The molecule has 0 N–H and O–H groups in total. The Balaban J connectivity index is 1.45. The van der Waals surface area contributed by atoms with E-state index in [1.54, 1.807) is 0 Å². The van der Waals surface area contributed by atoms with Crippen LogP contribution in [0.3, 0.4) is 0 Å². The first-order valence-corrected chi connectivity index (χ1v) is 15.8. The molecule has 0 saturated carbocycles. The fourth-order valence-corrected chi connectivity index (χ4v) is 7.70. The molecule has 2 heteroatoms. The fraction of sp³-hybridized carbons (Fsp3) is 0. The van der Waals surface area contributed by atoms with Gasteiger partial charge in [0.1, 0.15) is 11.2 Å². The largest absolute Gasteiger partial charge is 0.455 e. The van der Waals surface area contributed by atoms with Gasteiger partial charge in [0, 0.05) is 43.9 Å². The number of rotatable bonds is 3. The lowest BCUT2D eigenvalue weighted by Gasteiger charge is -2.17. The van der Waals surface area contributed by atoms with Crippen molar-refractivity contribution in [2.24, 2.45) is 0 Å². The summed E-state index contributed by atoms with van der Waals surface area (Å²) < 4.78 is 9.40. The fourth-order valence-electron chi connectivity index (χ4n) is 7.70. The molecule has 0 radical (unpaired) electrons. The maximum atomic E-state index is 6.98. The van der Waals surface area contributed by atoms with Gasteiger partial charge in [0.15, 0.2) is 0 Å². The Morgan fingerprint density at radius 3 is 1.83 bits per heavy atom. The lowest BCUT2D eigenvalue weighted by molar-refractivity contribution is 0.670. The Kier molecular flexibility index (Phi) is 5.31. The highest BCUT2D eigenvalue weighted by Gasteiger charge is 2.25. The summed E-state index contributed by atoms with van der Waals surface area (Å²) in [5.74, 6) is 0. The second kappa shape index (κ2) is 9.69. The molecule has 2 aromatic heterocycles. The van der Waals surface area contributed by atoms with Crippen molar-refractivity contribution in [1.82, 2.24) is 4.57 Å². The summed E-state index contributed by atoms with van der Waals surface area (Å²) in [4.78, 5) is 0. The van der Waals surface area contributed by atoms with Crippen LogP contribution in [-0.2, 0) is 0 Å². The van der Waals surface area contributed by atoms with Crippen LogP contribution < -0.4 is 0 Å². The average molecular weight is 586 g/mol. The van der Waals surface area contributed by atoms with Gasteiger partial charge in [-0.15, -0.1) is 0 Å². The first-order valence-electron chi connectivity index (χ1n) is 15.8. The first kappa shape index (κ1) is 25.2. The summed E-state index contributed by atoms with van der Waals surface area (Å²) in [6.07, 6.45) is 0. The van der Waals surface area contributed by atoms with E-state index in [4.69, 9.17) is 4.42 Å². The van der Waals surface area contributed by atoms with Crippen molar-refractivity contribution in [2.75, 3.05) is 0 Å². The van der Waals surface area contributed by atoms with Gasteiger partial charge in [-0.05, 0) is 51.4 Å². The first-order chi connectivity index (χ1) is 22.9. The number of nitrogens with zero attached hydrogens (tertiary/aromatic N) is 1. The Labute approximate surface area is 265 Å². The van der Waals surface area contributed by atoms with Gasteiger partial charge in [0.2, 0.25) is 0 Å². The van der Waals surface area contributed by atoms with Gasteiger partial charge in [-0.3, -0.25) is 0 Å². The molecule has 8 aromatic carbocycles. The minimum absolute atomic E-state index is 0.895. The highest BCUT2D eigenvalue weighted by molar-refractivity contribution is 6.30. The molecule has 0 aliphatic heterocycles. The zero-order valence-corrected chi connectivity index (χ0v) is 24.9. The van der Waals surface area contributed by atoms with E-state index in [1.807, 2.05) is 0 Å². The van der Waals surface area contributed by atoms with E-state index in [0.717, 1.165) is 38.8 Å². The number of hydrogen-bond donors (Lipinski definition) is 0. The Morgan fingerprint density at radius 2 is 0.978 bits per heavy atom. The third kappa shape index (κ3) is 3.47. The third-order valence-electron chi connectivity index (χ3n) is 9.58. The Morgan fingerprint density at radius 1 is 0.391 bits per heavy atom. The molecule has 0 atom stereocenters. The van der Waals surface area contributed by atoms with Crippen LogP contribution in [0.5, 0.6) is 0 Å². The molecule has 0 unspecified atom stereocenters. The lowest BCUT2D eigenvalue weighted by atomic mass is 9.86. The molecule has 10 rings (SSSR count). The second-order valence-electron chi connectivity index (χ2n) is 12.0. The maximum absolute atomic E-state index is 6.98. The number of para-hydroxylation sites is 4. The molecule has 0 bridgehead atoms. The summed E-state index contributed by atoms with van der Waals surface area (Å²) in [6, 6.07) is 58.8. The predicted octanol–water partition coefficient (Wildman–Crippen LogP) is 12.3. The second-order valence-corrected chi connectivity index (χ2v) is 12.0. The van der Waals surface area contributed by atoms with Crippen LogP contribution in [-0.4, -0.2) is 4.57 Å². The van der Waals surface area contributed by atoms with E-state index in [9.17, 15) is 0 Å². The molecule has 2 heterocycles. The lowest BCUT2D eigenvalue weighted by Crippen LogP contribution is -1.96. The van der Waals surface area contributed by atoms with Crippen molar-refractivity contribution >= 4 is 65.3 Å². The zero-order valence-electron chi connectivity index (χ0n) is 24.9. The molecule has 0 saturated heterocycles. The number of hydrogen-bond acceptors (Lipinski definition) is 1. The van der Waals surface area contributed by atoms with Crippen LogP contribution in [0.15, 0.2) is 168 Å². The van der Waals surface area contributed by atoms with Crippen molar-refractivity contribution < 1.29 is 4.42 Å². The summed E-state index contributed by atoms with van der Waals surface area (Å²) in [7, 11) is 0. The van der Waals surface area contributed by atoms with Crippen LogP contribution in [0.25, 0.3) is 93.2 Å². The van der Waals surface area contributed by atoms with E-state index < -0.39 is 0 Å². The molecular formula is C44H27NO. The molecule has 10 aromatic rings. The topological polar surface area (TPSA) is 18.1 Å². The van der Waals surface area contributed by atoms with Gasteiger partial charge < -0.3 is 8.98 Å². The molecule has 0 aliphatic rings. The van der Waals surface area contributed by atoms with E-state index in [2.05, 4.69) is 168 Å². The Bertz CT molecular complexity index is 2790. The number of aromatic nitrogens is 1. The van der Waals surface area contributed by atoms with Crippen LogP contribution in [0.4, 0.5) is 0 Å². The summed E-state index contributed by atoms with van der Waals surface area (Å²) >= 11 is 0. The van der Waals surface area contributed by atoms with Crippen LogP contribution in [0, 0.1) is 0 Å². The molecular weight excluding hydrogens is 558 g/mol. The minimum Gasteiger partial charge on any atom is -0.455 e. The van der Waals surface area contributed by atoms with Crippen LogP contribution >= 0.6 is 0 Å². The summed E-state index contributed by atoms with van der Waals surface area (Å²) in [5, 5.41) is 9.60. The van der Waals surface area contributed by atoms with Crippen LogP contribution in [0.2, 0.25) is 0 Å². The normalized spacial score (nSPS) is 11.9. The van der Waals surface area contributed by atoms with Crippen molar-refractivity contribution in [3.05, 3.63) is 164 Å². The monoisotopic (exact) mass is 585 g/mol.